The molecule has 1 rings (SSSR count). The fourth-order valence-corrected chi connectivity index (χ4v) is 2.00. The van der Waals surface area contributed by atoms with Crippen molar-refractivity contribution in [3.63, 3.8) is 0 Å². The number of carbonyl (C=O) groups is 1. The normalized spacial score (nSPS) is 20.1. The Morgan fingerprint density at radius 2 is 1.93 bits per heavy atom. The van der Waals surface area contributed by atoms with Crippen LogP contribution in [-0.4, -0.2) is 43.1 Å². The fourth-order valence-electron chi connectivity index (χ4n) is 1.71. The third kappa shape index (κ3) is 1.88. The highest BCUT2D eigenvalue weighted by atomic mass is 32.1. The number of rotatable bonds is 2. The van der Waals surface area contributed by atoms with E-state index in [1.54, 1.807) is 19.0 Å². The number of amides is 1. The Hall–Kier alpha value is -0.680. The van der Waals surface area contributed by atoms with Gasteiger partial charge in [0.15, 0.2) is 0 Å². The van der Waals surface area contributed by atoms with Gasteiger partial charge in [0.2, 0.25) is 5.91 Å². The maximum atomic E-state index is 12.0. The molecule has 5 heteroatoms. The molecule has 0 aromatic carbocycles. The van der Waals surface area contributed by atoms with Crippen LogP contribution in [-0.2, 0) is 9.53 Å². The highest BCUT2D eigenvalue weighted by molar-refractivity contribution is 7.80. The molecule has 1 amide bonds. The zero-order chi connectivity index (χ0) is 10.8. The van der Waals surface area contributed by atoms with E-state index in [9.17, 15) is 4.79 Å². The van der Waals surface area contributed by atoms with E-state index in [4.69, 9.17) is 22.7 Å². The molecule has 14 heavy (non-hydrogen) atoms. The van der Waals surface area contributed by atoms with Crippen molar-refractivity contribution in [1.29, 1.82) is 0 Å². The van der Waals surface area contributed by atoms with Crippen LogP contribution in [0.2, 0.25) is 0 Å². The number of nitrogens with two attached hydrogens (primary N) is 1. The number of carbonyl (C=O) groups excluding carboxylic acids is 1. The molecule has 1 fully saturated rings. The second-order valence-electron chi connectivity index (χ2n) is 3.76. The van der Waals surface area contributed by atoms with Gasteiger partial charge < -0.3 is 15.4 Å². The van der Waals surface area contributed by atoms with E-state index in [2.05, 4.69) is 0 Å². The zero-order valence-corrected chi connectivity index (χ0v) is 9.39. The topological polar surface area (TPSA) is 55.6 Å². The van der Waals surface area contributed by atoms with Crippen molar-refractivity contribution in [3.05, 3.63) is 0 Å². The summed E-state index contributed by atoms with van der Waals surface area (Å²) in [6.07, 6.45) is 1.19. The third-order valence-corrected chi connectivity index (χ3v) is 3.02. The average molecular weight is 216 g/mol. The zero-order valence-electron chi connectivity index (χ0n) is 8.58. The minimum Gasteiger partial charge on any atom is -0.392 e. The summed E-state index contributed by atoms with van der Waals surface area (Å²) in [6, 6.07) is 0. The second kappa shape index (κ2) is 4.23. The van der Waals surface area contributed by atoms with Crippen LogP contribution >= 0.6 is 12.2 Å². The largest absolute Gasteiger partial charge is 0.392 e. The molecule has 0 bridgehead atoms. The molecular weight excluding hydrogens is 200 g/mol. The van der Waals surface area contributed by atoms with E-state index < -0.39 is 5.41 Å². The van der Waals surface area contributed by atoms with Crippen LogP contribution in [0.25, 0.3) is 0 Å². The summed E-state index contributed by atoms with van der Waals surface area (Å²) in [7, 11) is 3.44. The van der Waals surface area contributed by atoms with E-state index in [0.29, 0.717) is 31.0 Å². The highest BCUT2D eigenvalue weighted by Gasteiger charge is 2.43. The SMILES string of the molecule is CN(C)C(=O)C1(C(N)=S)CCOCC1. The first-order valence-electron chi connectivity index (χ1n) is 4.60. The van der Waals surface area contributed by atoms with Crippen LogP contribution in [0.3, 0.4) is 0 Å². The van der Waals surface area contributed by atoms with Gasteiger partial charge in [-0.1, -0.05) is 12.2 Å². The molecule has 0 aromatic heterocycles. The Morgan fingerprint density at radius 1 is 1.43 bits per heavy atom. The lowest BCUT2D eigenvalue weighted by Crippen LogP contribution is -2.51. The number of thiocarbonyl (C=S) groups is 1. The van der Waals surface area contributed by atoms with Gasteiger partial charge in [0, 0.05) is 27.3 Å². The molecule has 0 aliphatic carbocycles. The van der Waals surface area contributed by atoms with E-state index in [1.165, 1.54) is 0 Å². The van der Waals surface area contributed by atoms with Crippen LogP contribution in [0.15, 0.2) is 0 Å². The molecule has 1 saturated heterocycles. The Kier molecular flexibility index (Phi) is 3.44. The van der Waals surface area contributed by atoms with Crippen molar-refractivity contribution in [2.75, 3.05) is 27.3 Å². The summed E-state index contributed by atoms with van der Waals surface area (Å²) < 4.78 is 5.22. The van der Waals surface area contributed by atoms with E-state index in [0.717, 1.165) is 0 Å². The van der Waals surface area contributed by atoms with Gasteiger partial charge in [-0.05, 0) is 12.8 Å². The van der Waals surface area contributed by atoms with E-state index >= 15 is 0 Å². The number of nitrogens with zero attached hydrogens (tertiary/aromatic N) is 1. The number of ether oxygens (including phenoxy) is 1. The smallest absolute Gasteiger partial charge is 0.235 e. The predicted molar refractivity (Wildman–Crippen MR) is 58.0 cm³/mol. The lowest BCUT2D eigenvalue weighted by molar-refractivity contribution is -0.139. The van der Waals surface area contributed by atoms with Crippen molar-refractivity contribution in [2.45, 2.75) is 12.8 Å². The van der Waals surface area contributed by atoms with Crippen molar-refractivity contribution in [3.8, 4) is 0 Å². The van der Waals surface area contributed by atoms with Crippen LogP contribution in [0.4, 0.5) is 0 Å². The molecule has 80 valence electrons. The minimum absolute atomic E-state index is 0.00620. The first kappa shape index (κ1) is 11.4. The van der Waals surface area contributed by atoms with Gasteiger partial charge in [0.1, 0.15) is 5.41 Å². The van der Waals surface area contributed by atoms with Gasteiger partial charge in [0.25, 0.3) is 0 Å². The monoisotopic (exact) mass is 216 g/mol. The average Bonchev–Trinajstić information content (AvgIpc) is 2.17. The van der Waals surface area contributed by atoms with Crippen LogP contribution in [0, 0.1) is 5.41 Å². The minimum atomic E-state index is -0.670. The summed E-state index contributed by atoms with van der Waals surface area (Å²) >= 11 is 5.00. The lowest BCUT2D eigenvalue weighted by Gasteiger charge is -2.36. The summed E-state index contributed by atoms with van der Waals surface area (Å²) in [5, 5.41) is 0. The Morgan fingerprint density at radius 3 is 2.29 bits per heavy atom. The van der Waals surface area contributed by atoms with E-state index in [-0.39, 0.29) is 5.91 Å². The predicted octanol–water partition coefficient (Wildman–Crippen LogP) is 0.157. The van der Waals surface area contributed by atoms with Crippen molar-refractivity contribution >= 4 is 23.1 Å². The van der Waals surface area contributed by atoms with Gasteiger partial charge >= 0.3 is 0 Å². The summed E-state index contributed by atoms with van der Waals surface area (Å²) in [4.78, 5) is 13.8. The third-order valence-electron chi connectivity index (χ3n) is 2.63. The first-order valence-corrected chi connectivity index (χ1v) is 5.01. The standard InChI is InChI=1S/C9H16N2O2S/c1-11(2)8(12)9(7(10)14)3-5-13-6-4-9/h3-6H2,1-2H3,(H2,10,14). The van der Waals surface area contributed by atoms with Crippen LogP contribution in [0.1, 0.15) is 12.8 Å². The van der Waals surface area contributed by atoms with Gasteiger partial charge in [-0.25, -0.2) is 0 Å². The molecule has 1 aliphatic heterocycles. The second-order valence-corrected chi connectivity index (χ2v) is 4.20. The molecule has 0 spiro atoms. The molecule has 0 atom stereocenters. The van der Waals surface area contributed by atoms with E-state index in [1.807, 2.05) is 0 Å². The van der Waals surface area contributed by atoms with Crippen molar-refractivity contribution in [2.24, 2.45) is 11.1 Å². The van der Waals surface area contributed by atoms with Crippen LogP contribution < -0.4 is 5.73 Å². The molecule has 0 radical (unpaired) electrons. The lowest BCUT2D eigenvalue weighted by atomic mass is 9.79. The van der Waals surface area contributed by atoms with Gasteiger partial charge in [0.05, 0.1) is 4.99 Å². The van der Waals surface area contributed by atoms with Crippen molar-refractivity contribution < 1.29 is 9.53 Å². The molecule has 1 aliphatic rings. The Bertz CT molecular complexity index is 247. The van der Waals surface area contributed by atoms with Crippen LogP contribution in [0.5, 0.6) is 0 Å². The molecular formula is C9H16N2O2S. The molecule has 2 N–H and O–H groups in total. The maximum absolute atomic E-state index is 12.0. The van der Waals surface area contributed by atoms with Crippen molar-refractivity contribution in [1.82, 2.24) is 4.90 Å². The maximum Gasteiger partial charge on any atom is 0.235 e. The molecule has 4 nitrogen and oxygen atoms in total. The Labute approximate surface area is 89.4 Å². The summed E-state index contributed by atoms with van der Waals surface area (Å²) in [5.41, 5.74) is 5.00. The number of hydrogen-bond acceptors (Lipinski definition) is 3. The molecule has 1 heterocycles. The van der Waals surface area contributed by atoms with Gasteiger partial charge in [-0.3, -0.25) is 4.79 Å². The highest BCUT2D eigenvalue weighted by Crippen LogP contribution is 2.32. The Balaban J connectivity index is 2.91. The quantitative estimate of drug-likeness (QED) is 0.668. The summed E-state index contributed by atoms with van der Waals surface area (Å²) in [5.74, 6) is -0.00620. The number of hydrogen-bond donors (Lipinski definition) is 1. The fraction of sp³-hybridized carbons (Fsp3) is 0.778. The molecule has 0 aromatic rings. The first-order chi connectivity index (χ1) is 6.50. The van der Waals surface area contributed by atoms with Gasteiger partial charge in [-0.2, -0.15) is 0 Å². The van der Waals surface area contributed by atoms with Gasteiger partial charge in [-0.15, -0.1) is 0 Å². The molecule has 0 saturated carbocycles. The summed E-state index contributed by atoms with van der Waals surface area (Å²) in [6.45, 7) is 1.10. The molecule has 0 unspecified atom stereocenters.